The molecule has 0 atom stereocenters. The molecule has 2 N–H and O–H groups in total. The van der Waals surface area contributed by atoms with E-state index in [4.69, 9.17) is 10.5 Å². The average Bonchev–Trinajstić information content (AvgIpc) is 2.82. The Bertz CT molecular complexity index is 364. The summed E-state index contributed by atoms with van der Waals surface area (Å²) >= 11 is 0. The number of nitrogens with zero attached hydrogens (tertiary/aromatic N) is 1. The van der Waals surface area contributed by atoms with E-state index in [1.54, 1.807) is 7.05 Å². The Labute approximate surface area is 96.3 Å². The van der Waals surface area contributed by atoms with Crippen LogP contribution in [0, 0.1) is 0 Å². The minimum Gasteiger partial charge on any atom is -0.490 e. The first-order chi connectivity index (χ1) is 7.79. The van der Waals surface area contributed by atoms with Crippen LogP contribution in [-0.2, 0) is 0 Å². The predicted octanol–water partition coefficient (Wildman–Crippen LogP) is 2.34. The first-order valence-electron chi connectivity index (χ1n) is 5.79. The van der Waals surface area contributed by atoms with E-state index in [2.05, 4.69) is 4.99 Å². The molecule has 0 bridgehead atoms. The summed E-state index contributed by atoms with van der Waals surface area (Å²) in [5, 5.41) is 0. The van der Waals surface area contributed by atoms with Gasteiger partial charge in [-0.2, -0.15) is 0 Å². The third-order valence-corrected chi connectivity index (χ3v) is 3.00. The van der Waals surface area contributed by atoms with Gasteiger partial charge in [0, 0.05) is 12.6 Å². The largest absolute Gasteiger partial charge is 0.490 e. The molecule has 0 saturated heterocycles. The van der Waals surface area contributed by atoms with Crippen LogP contribution in [-0.4, -0.2) is 19.0 Å². The van der Waals surface area contributed by atoms with E-state index in [1.165, 1.54) is 25.7 Å². The summed E-state index contributed by atoms with van der Waals surface area (Å²) in [4.78, 5) is 3.95. The van der Waals surface area contributed by atoms with E-state index >= 15 is 0 Å². The lowest BCUT2D eigenvalue weighted by Gasteiger charge is -2.13. The third kappa shape index (κ3) is 2.54. The maximum atomic E-state index is 5.86. The number of amidine groups is 1. The second-order valence-electron chi connectivity index (χ2n) is 4.16. The Balaban J connectivity index is 2.01. The Hall–Kier alpha value is -1.51. The van der Waals surface area contributed by atoms with Crippen molar-refractivity contribution in [1.82, 2.24) is 0 Å². The molecule has 0 amide bonds. The van der Waals surface area contributed by atoms with Gasteiger partial charge < -0.3 is 10.5 Å². The van der Waals surface area contributed by atoms with Crippen LogP contribution in [0.2, 0.25) is 0 Å². The molecule has 2 rings (SSSR count). The second-order valence-corrected chi connectivity index (χ2v) is 4.16. The summed E-state index contributed by atoms with van der Waals surface area (Å²) in [7, 11) is 1.69. The zero-order chi connectivity index (χ0) is 11.4. The van der Waals surface area contributed by atoms with Crippen molar-refractivity contribution in [2.45, 2.75) is 31.8 Å². The minimum atomic E-state index is 0.406. The SMILES string of the molecule is CN=C(N)c1ccc(OC2CCCC2)cc1. The lowest BCUT2D eigenvalue weighted by molar-refractivity contribution is 0.210. The van der Waals surface area contributed by atoms with Gasteiger partial charge in [-0.05, 0) is 49.9 Å². The molecular formula is C13H18N2O. The van der Waals surface area contributed by atoms with Crippen molar-refractivity contribution in [2.24, 2.45) is 10.7 Å². The first kappa shape index (κ1) is 11.0. The monoisotopic (exact) mass is 218 g/mol. The van der Waals surface area contributed by atoms with Crippen LogP contribution in [0.15, 0.2) is 29.3 Å². The number of nitrogens with two attached hydrogens (primary N) is 1. The van der Waals surface area contributed by atoms with Gasteiger partial charge in [0.2, 0.25) is 0 Å². The molecule has 0 unspecified atom stereocenters. The zero-order valence-electron chi connectivity index (χ0n) is 9.65. The summed E-state index contributed by atoms with van der Waals surface area (Å²) in [5.41, 5.74) is 6.66. The molecule has 1 aliphatic carbocycles. The topological polar surface area (TPSA) is 47.6 Å². The predicted molar refractivity (Wildman–Crippen MR) is 66.0 cm³/mol. The quantitative estimate of drug-likeness (QED) is 0.625. The third-order valence-electron chi connectivity index (χ3n) is 3.00. The maximum absolute atomic E-state index is 5.86. The molecule has 16 heavy (non-hydrogen) atoms. The highest BCUT2D eigenvalue weighted by Crippen LogP contribution is 2.24. The Morgan fingerprint density at radius 3 is 2.44 bits per heavy atom. The highest BCUT2D eigenvalue weighted by molar-refractivity contribution is 5.97. The van der Waals surface area contributed by atoms with Crippen molar-refractivity contribution in [2.75, 3.05) is 7.05 Å². The van der Waals surface area contributed by atoms with Crippen LogP contribution in [0.4, 0.5) is 0 Å². The lowest BCUT2D eigenvalue weighted by Crippen LogP contribution is -2.13. The van der Waals surface area contributed by atoms with Crippen LogP contribution in [0.25, 0.3) is 0 Å². The number of hydrogen-bond acceptors (Lipinski definition) is 2. The van der Waals surface area contributed by atoms with Gasteiger partial charge in [-0.1, -0.05) is 0 Å². The fraction of sp³-hybridized carbons (Fsp3) is 0.462. The fourth-order valence-electron chi connectivity index (χ4n) is 2.03. The Morgan fingerprint density at radius 1 is 1.25 bits per heavy atom. The van der Waals surface area contributed by atoms with Crippen molar-refractivity contribution in [3.63, 3.8) is 0 Å². The van der Waals surface area contributed by atoms with Crippen LogP contribution < -0.4 is 10.5 Å². The van der Waals surface area contributed by atoms with Gasteiger partial charge in [0.05, 0.1) is 6.10 Å². The Kier molecular flexibility index (Phi) is 3.44. The molecule has 0 aromatic heterocycles. The van der Waals surface area contributed by atoms with E-state index < -0.39 is 0 Å². The molecule has 0 heterocycles. The molecular weight excluding hydrogens is 200 g/mol. The van der Waals surface area contributed by atoms with E-state index in [0.29, 0.717) is 11.9 Å². The van der Waals surface area contributed by atoms with Gasteiger partial charge in [-0.3, -0.25) is 4.99 Å². The minimum absolute atomic E-state index is 0.406. The maximum Gasteiger partial charge on any atom is 0.125 e. The highest BCUT2D eigenvalue weighted by Gasteiger charge is 2.16. The van der Waals surface area contributed by atoms with E-state index in [-0.39, 0.29) is 0 Å². The molecule has 1 aromatic rings. The van der Waals surface area contributed by atoms with E-state index in [1.807, 2.05) is 24.3 Å². The standard InChI is InChI=1S/C13H18N2O/c1-15-13(14)10-6-8-12(9-7-10)16-11-4-2-3-5-11/h6-9,11H,2-5H2,1H3,(H2,14,15). The number of benzene rings is 1. The van der Waals surface area contributed by atoms with Gasteiger partial charge >= 0.3 is 0 Å². The summed E-state index contributed by atoms with van der Waals surface area (Å²) in [5.74, 6) is 1.49. The molecule has 1 fully saturated rings. The molecule has 86 valence electrons. The number of rotatable bonds is 3. The molecule has 1 aromatic carbocycles. The second kappa shape index (κ2) is 5.01. The van der Waals surface area contributed by atoms with E-state index in [9.17, 15) is 0 Å². The van der Waals surface area contributed by atoms with Crippen LogP contribution in [0.1, 0.15) is 31.2 Å². The molecule has 3 nitrogen and oxygen atoms in total. The van der Waals surface area contributed by atoms with Crippen molar-refractivity contribution in [3.8, 4) is 5.75 Å². The van der Waals surface area contributed by atoms with E-state index in [0.717, 1.165) is 11.3 Å². The first-order valence-corrected chi connectivity index (χ1v) is 5.79. The highest BCUT2D eigenvalue weighted by atomic mass is 16.5. The van der Waals surface area contributed by atoms with Gasteiger partial charge in [-0.15, -0.1) is 0 Å². The number of ether oxygens (including phenoxy) is 1. The zero-order valence-corrected chi connectivity index (χ0v) is 9.65. The smallest absolute Gasteiger partial charge is 0.125 e. The average molecular weight is 218 g/mol. The van der Waals surface area contributed by atoms with Crippen molar-refractivity contribution < 1.29 is 4.74 Å². The van der Waals surface area contributed by atoms with Gasteiger partial charge in [0.1, 0.15) is 11.6 Å². The normalized spacial score (nSPS) is 17.7. The summed E-state index contributed by atoms with van der Waals surface area (Å²) in [6.45, 7) is 0. The number of aliphatic imine (C=N–C) groups is 1. The van der Waals surface area contributed by atoms with Gasteiger partial charge in [-0.25, -0.2) is 0 Å². The van der Waals surface area contributed by atoms with Crippen molar-refractivity contribution >= 4 is 5.84 Å². The van der Waals surface area contributed by atoms with Crippen LogP contribution in [0.3, 0.4) is 0 Å². The van der Waals surface area contributed by atoms with Gasteiger partial charge in [0.25, 0.3) is 0 Å². The van der Waals surface area contributed by atoms with Crippen molar-refractivity contribution in [1.29, 1.82) is 0 Å². The number of hydrogen-bond donors (Lipinski definition) is 1. The van der Waals surface area contributed by atoms with Gasteiger partial charge in [0.15, 0.2) is 0 Å². The van der Waals surface area contributed by atoms with Crippen LogP contribution in [0.5, 0.6) is 5.75 Å². The molecule has 3 heteroatoms. The summed E-state index contributed by atoms with van der Waals surface area (Å²) < 4.78 is 5.86. The van der Waals surface area contributed by atoms with Crippen LogP contribution >= 0.6 is 0 Å². The molecule has 0 aliphatic heterocycles. The molecule has 0 spiro atoms. The summed E-state index contributed by atoms with van der Waals surface area (Å²) in [6, 6.07) is 7.83. The molecule has 1 aliphatic rings. The molecule has 0 radical (unpaired) electrons. The summed E-state index contributed by atoms with van der Waals surface area (Å²) in [6.07, 6.45) is 5.35. The molecule has 1 saturated carbocycles. The Morgan fingerprint density at radius 2 is 1.88 bits per heavy atom. The fourth-order valence-corrected chi connectivity index (χ4v) is 2.03. The lowest BCUT2D eigenvalue weighted by atomic mass is 10.2. The van der Waals surface area contributed by atoms with Crippen molar-refractivity contribution in [3.05, 3.63) is 29.8 Å².